The smallest absolute Gasteiger partial charge is 0.181 e. The molecule has 0 aromatic heterocycles. The van der Waals surface area contributed by atoms with E-state index in [9.17, 15) is 4.39 Å². The zero-order chi connectivity index (χ0) is 23.1. The number of hydrogen-bond acceptors (Lipinski definition) is 3. The van der Waals surface area contributed by atoms with Crippen molar-refractivity contribution in [2.75, 3.05) is 13.2 Å². The van der Waals surface area contributed by atoms with Crippen molar-refractivity contribution in [3.05, 3.63) is 132 Å². The Hall–Kier alpha value is -3.21. The zero-order valence-electron chi connectivity index (χ0n) is 19.1. The van der Waals surface area contributed by atoms with Gasteiger partial charge in [0.05, 0.1) is 6.04 Å². The van der Waals surface area contributed by atoms with Gasteiger partial charge in [-0.2, -0.15) is 0 Å². The Kier molecular flexibility index (Phi) is 7.38. The van der Waals surface area contributed by atoms with Crippen molar-refractivity contribution < 1.29 is 13.9 Å². The highest BCUT2D eigenvalue weighted by Gasteiger charge is 2.46. The van der Waals surface area contributed by atoms with Gasteiger partial charge in [-0.1, -0.05) is 97.1 Å². The summed E-state index contributed by atoms with van der Waals surface area (Å²) in [5, 5.41) is 0. The molecule has 0 amide bonds. The number of allylic oxidation sites excluding steroid dienone is 2. The molecule has 3 nitrogen and oxygen atoms in total. The van der Waals surface area contributed by atoms with E-state index in [-0.39, 0.29) is 11.9 Å². The minimum absolute atomic E-state index is 0.315. The van der Waals surface area contributed by atoms with Gasteiger partial charge in [0.15, 0.2) is 6.29 Å². The maximum atomic E-state index is 15.0. The van der Waals surface area contributed by atoms with Crippen LogP contribution in [0.25, 0.3) is 0 Å². The van der Waals surface area contributed by atoms with E-state index in [1.54, 1.807) is 6.20 Å². The lowest BCUT2D eigenvalue weighted by molar-refractivity contribution is -0.166. The molecule has 0 spiro atoms. The van der Waals surface area contributed by atoms with Crippen molar-refractivity contribution in [3.63, 3.8) is 0 Å². The number of halogens is 1. The van der Waals surface area contributed by atoms with Gasteiger partial charge < -0.3 is 14.4 Å². The fourth-order valence-corrected chi connectivity index (χ4v) is 4.65. The molecule has 0 saturated carbocycles. The molecule has 0 bridgehead atoms. The van der Waals surface area contributed by atoms with Crippen molar-refractivity contribution in [2.45, 2.75) is 31.7 Å². The van der Waals surface area contributed by atoms with Crippen molar-refractivity contribution >= 4 is 0 Å². The van der Waals surface area contributed by atoms with Crippen LogP contribution in [0.2, 0.25) is 0 Å². The Morgan fingerprint density at radius 1 is 0.758 bits per heavy atom. The quantitative estimate of drug-likeness (QED) is 0.281. The molecule has 1 atom stereocenters. The summed E-state index contributed by atoms with van der Waals surface area (Å²) in [6.07, 6.45) is 4.37. The molecule has 1 unspecified atom stereocenters. The molecule has 1 heterocycles. The summed E-state index contributed by atoms with van der Waals surface area (Å²) in [5.41, 5.74) is 2.26. The molecule has 0 N–H and O–H groups in total. The van der Waals surface area contributed by atoms with Crippen LogP contribution in [-0.4, -0.2) is 30.4 Å². The van der Waals surface area contributed by atoms with Crippen LogP contribution in [0.4, 0.5) is 4.39 Å². The lowest BCUT2D eigenvalue weighted by atomic mass is 9.74. The minimum Gasteiger partial charge on any atom is -0.350 e. The summed E-state index contributed by atoms with van der Waals surface area (Å²) >= 11 is 0. The standard InChI is InChI=1S/C29H30FNO2/c1-3-32-28(33-4-2)27-21-20-26(30)22-31(27)29(23-14-8-5-9-15-23,24-16-10-6-11-17-24)25-18-12-7-13-19-25/h5-22,27-28H,3-4H2,1-2H3. The van der Waals surface area contributed by atoms with Crippen molar-refractivity contribution in [2.24, 2.45) is 0 Å². The Balaban J connectivity index is 2.04. The monoisotopic (exact) mass is 443 g/mol. The second-order valence-corrected chi connectivity index (χ2v) is 7.86. The third kappa shape index (κ3) is 4.50. The van der Waals surface area contributed by atoms with Gasteiger partial charge in [0, 0.05) is 19.4 Å². The average molecular weight is 444 g/mol. The number of nitrogens with zero attached hydrogens (tertiary/aromatic N) is 1. The molecule has 1 aliphatic heterocycles. The van der Waals surface area contributed by atoms with Gasteiger partial charge in [-0.25, -0.2) is 4.39 Å². The highest BCUT2D eigenvalue weighted by Crippen LogP contribution is 2.45. The van der Waals surface area contributed by atoms with Crippen LogP contribution in [0, 0.1) is 0 Å². The van der Waals surface area contributed by atoms with Crippen LogP contribution in [0.1, 0.15) is 30.5 Å². The predicted molar refractivity (Wildman–Crippen MR) is 130 cm³/mol. The van der Waals surface area contributed by atoms with Crippen molar-refractivity contribution in [3.8, 4) is 0 Å². The first-order valence-electron chi connectivity index (χ1n) is 11.5. The van der Waals surface area contributed by atoms with Crippen LogP contribution in [-0.2, 0) is 15.0 Å². The molecular formula is C29H30FNO2. The molecule has 33 heavy (non-hydrogen) atoms. The number of ether oxygens (including phenoxy) is 2. The van der Waals surface area contributed by atoms with E-state index in [2.05, 4.69) is 41.3 Å². The molecule has 3 aromatic rings. The molecule has 0 radical (unpaired) electrons. The molecular weight excluding hydrogens is 413 g/mol. The summed E-state index contributed by atoms with van der Waals surface area (Å²) in [5.74, 6) is -0.315. The van der Waals surface area contributed by atoms with E-state index in [0.29, 0.717) is 13.2 Å². The van der Waals surface area contributed by atoms with E-state index in [4.69, 9.17) is 9.47 Å². The van der Waals surface area contributed by atoms with E-state index in [0.717, 1.165) is 16.7 Å². The normalized spacial score (nSPS) is 16.2. The van der Waals surface area contributed by atoms with Crippen LogP contribution in [0.3, 0.4) is 0 Å². The summed E-state index contributed by atoms with van der Waals surface area (Å²) in [4.78, 5) is 2.05. The molecule has 170 valence electrons. The fraction of sp³-hybridized carbons (Fsp3) is 0.241. The van der Waals surface area contributed by atoms with Gasteiger partial charge in [0.25, 0.3) is 0 Å². The lowest BCUT2D eigenvalue weighted by Gasteiger charge is -2.50. The third-order valence-corrected chi connectivity index (χ3v) is 5.94. The molecule has 0 aliphatic carbocycles. The molecule has 3 aromatic carbocycles. The molecule has 4 heteroatoms. The Morgan fingerprint density at radius 3 is 1.58 bits per heavy atom. The van der Waals surface area contributed by atoms with Crippen LogP contribution in [0.15, 0.2) is 115 Å². The Labute approximate surface area is 195 Å². The average Bonchev–Trinajstić information content (AvgIpc) is 2.87. The molecule has 4 rings (SSSR count). The number of rotatable bonds is 9. The summed E-state index contributed by atoms with van der Waals surface area (Å²) < 4.78 is 27.0. The highest BCUT2D eigenvalue weighted by molar-refractivity contribution is 5.51. The largest absolute Gasteiger partial charge is 0.350 e. The van der Waals surface area contributed by atoms with E-state index in [1.807, 2.05) is 74.5 Å². The Morgan fingerprint density at radius 2 is 1.18 bits per heavy atom. The van der Waals surface area contributed by atoms with Gasteiger partial charge >= 0.3 is 0 Å². The van der Waals surface area contributed by atoms with E-state index < -0.39 is 11.8 Å². The predicted octanol–water partition coefficient (Wildman–Crippen LogP) is 6.43. The SMILES string of the molecule is CCOC(OCC)C1C=CC(F)=CN1C(c1ccccc1)(c1ccccc1)c1ccccc1. The molecule has 1 aliphatic rings. The highest BCUT2D eigenvalue weighted by atomic mass is 19.1. The Bertz CT molecular complexity index is 964. The van der Waals surface area contributed by atoms with Gasteiger partial charge in [-0.05, 0) is 36.6 Å². The number of hydrogen-bond donors (Lipinski definition) is 0. The van der Waals surface area contributed by atoms with Crippen LogP contribution >= 0.6 is 0 Å². The maximum absolute atomic E-state index is 15.0. The van der Waals surface area contributed by atoms with Gasteiger partial charge in [0.2, 0.25) is 0 Å². The molecule has 0 fully saturated rings. The van der Waals surface area contributed by atoms with E-state index >= 15 is 0 Å². The summed E-state index contributed by atoms with van der Waals surface area (Å²) in [7, 11) is 0. The summed E-state index contributed by atoms with van der Waals surface area (Å²) in [6.45, 7) is 4.87. The van der Waals surface area contributed by atoms with Crippen LogP contribution < -0.4 is 0 Å². The first-order chi connectivity index (χ1) is 16.2. The number of benzene rings is 3. The second-order valence-electron chi connectivity index (χ2n) is 7.86. The fourth-order valence-electron chi connectivity index (χ4n) is 4.65. The van der Waals surface area contributed by atoms with Gasteiger partial charge in [0.1, 0.15) is 11.4 Å². The van der Waals surface area contributed by atoms with E-state index in [1.165, 1.54) is 6.08 Å². The van der Waals surface area contributed by atoms with Crippen molar-refractivity contribution in [1.82, 2.24) is 4.90 Å². The first kappa shape index (κ1) is 23.0. The second kappa shape index (κ2) is 10.6. The minimum atomic E-state index is -0.816. The maximum Gasteiger partial charge on any atom is 0.181 e. The molecule has 0 saturated heterocycles. The van der Waals surface area contributed by atoms with Gasteiger partial charge in [-0.15, -0.1) is 0 Å². The lowest BCUT2D eigenvalue weighted by Crippen LogP contribution is -2.55. The van der Waals surface area contributed by atoms with Crippen LogP contribution in [0.5, 0.6) is 0 Å². The van der Waals surface area contributed by atoms with Crippen molar-refractivity contribution in [1.29, 1.82) is 0 Å². The topological polar surface area (TPSA) is 21.7 Å². The zero-order valence-corrected chi connectivity index (χ0v) is 19.1. The third-order valence-electron chi connectivity index (χ3n) is 5.94. The van der Waals surface area contributed by atoms with Gasteiger partial charge in [-0.3, -0.25) is 0 Å². The summed E-state index contributed by atoms with van der Waals surface area (Å²) in [6, 6.07) is 30.3. The first-order valence-corrected chi connectivity index (χ1v) is 11.5.